The van der Waals surface area contributed by atoms with Crippen LogP contribution in [-0.2, 0) is 0 Å². The third kappa shape index (κ3) is 6.19. The monoisotopic (exact) mass is 338 g/mol. The minimum atomic E-state index is 0.209. The first kappa shape index (κ1) is 21.2. The number of rotatable bonds is 11. The molecule has 0 aromatic rings. The number of hydrogen-bond acceptors (Lipinski definition) is 0. The average Bonchev–Trinajstić information content (AvgIpc) is 2.93. The molecule has 0 nitrogen and oxygen atoms in total. The van der Waals surface area contributed by atoms with Crippen LogP contribution >= 0.6 is 7.92 Å². The van der Waals surface area contributed by atoms with E-state index in [4.69, 9.17) is 0 Å². The average molecular weight is 339 g/mol. The minimum absolute atomic E-state index is 0.209. The van der Waals surface area contributed by atoms with E-state index in [1.165, 1.54) is 51.1 Å². The SMILES string of the molecule is C=CCP1C(CC)CCC1CC(C)C(C)[C@@H](C)C(C)CCCC. The van der Waals surface area contributed by atoms with Crippen molar-refractivity contribution in [2.75, 3.05) is 6.16 Å². The highest BCUT2D eigenvalue weighted by atomic mass is 31.1. The van der Waals surface area contributed by atoms with Gasteiger partial charge < -0.3 is 0 Å². The highest BCUT2D eigenvalue weighted by molar-refractivity contribution is 7.59. The van der Waals surface area contributed by atoms with Crippen molar-refractivity contribution >= 4 is 7.92 Å². The van der Waals surface area contributed by atoms with E-state index < -0.39 is 0 Å². The third-order valence-electron chi connectivity index (χ3n) is 6.86. The number of hydrogen-bond donors (Lipinski definition) is 0. The predicted molar refractivity (Wildman–Crippen MR) is 110 cm³/mol. The Kier molecular flexibility index (Phi) is 10.1. The lowest BCUT2D eigenvalue weighted by molar-refractivity contribution is 0.194. The Morgan fingerprint density at radius 1 is 1.00 bits per heavy atom. The quantitative estimate of drug-likeness (QED) is 0.267. The van der Waals surface area contributed by atoms with Gasteiger partial charge in [0, 0.05) is 0 Å². The fourth-order valence-electron chi connectivity index (χ4n) is 4.62. The molecule has 1 heterocycles. The molecule has 1 saturated heterocycles. The topological polar surface area (TPSA) is 0 Å². The van der Waals surface area contributed by atoms with Gasteiger partial charge in [0.05, 0.1) is 0 Å². The Labute approximate surface area is 148 Å². The van der Waals surface area contributed by atoms with Crippen molar-refractivity contribution in [3.8, 4) is 0 Å². The van der Waals surface area contributed by atoms with Crippen LogP contribution in [0, 0.1) is 23.7 Å². The molecule has 1 fully saturated rings. The van der Waals surface area contributed by atoms with E-state index in [2.05, 4.69) is 54.2 Å². The van der Waals surface area contributed by atoms with Crippen LogP contribution in [0.5, 0.6) is 0 Å². The van der Waals surface area contributed by atoms with Crippen LogP contribution in [-0.4, -0.2) is 17.5 Å². The standard InChI is InChI=1S/C22H43P/c1-8-11-12-17(4)19(6)20(7)18(5)16-22-14-13-21(10-3)23(22)15-9-2/h9,17-22H,2,8,10-16H2,1,3-7H3/t17?,18?,19-,20?,21?,22?,23?/m0/s1. The van der Waals surface area contributed by atoms with Crippen LogP contribution in [0.3, 0.4) is 0 Å². The van der Waals surface area contributed by atoms with Crippen molar-refractivity contribution < 1.29 is 0 Å². The normalized spacial score (nSPS) is 29.9. The summed E-state index contributed by atoms with van der Waals surface area (Å²) < 4.78 is 0. The maximum Gasteiger partial charge on any atom is -0.0142 e. The summed E-state index contributed by atoms with van der Waals surface area (Å²) in [6.07, 6.45) is 13.5. The highest BCUT2D eigenvalue weighted by Gasteiger charge is 2.35. The minimum Gasteiger partial charge on any atom is -0.103 e. The second kappa shape index (κ2) is 10.9. The molecule has 1 aliphatic rings. The summed E-state index contributed by atoms with van der Waals surface area (Å²) >= 11 is 0. The van der Waals surface area contributed by atoms with Gasteiger partial charge >= 0.3 is 0 Å². The molecule has 0 spiro atoms. The fourth-order valence-corrected chi connectivity index (χ4v) is 8.15. The lowest BCUT2D eigenvalue weighted by Gasteiger charge is -2.34. The summed E-state index contributed by atoms with van der Waals surface area (Å²) in [6.45, 7) is 18.8. The molecule has 1 aliphatic heterocycles. The molecule has 0 radical (unpaired) electrons. The second-order valence-electron chi connectivity index (χ2n) is 8.33. The van der Waals surface area contributed by atoms with E-state index in [-0.39, 0.29) is 7.92 Å². The molecule has 136 valence electrons. The molecule has 0 aliphatic carbocycles. The zero-order valence-electron chi connectivity index (χ0n) is 16.9. The number of allylic oxidation sites excluding steroid dienone is 1. The van der Waals surface area contributed by atoms with Crippen molar-refractivity contribution in [1.29, 1.82) is 0 Å². The van der Waals surface area contributed by atoms with Crippen molar-refractivity contribution in [3.05, 3.63) is 12.7 Å². The van der Waals surface area contributed by atoms with Crippen LogP contribution < -0.4 is 0 Å². The van der Waals surface area contributed by atoms with Crippen LogP contribution in [0.25, 0.3) is 0 Å². The molecule has 0 N–H and O–H groups in total. The molecule has 1 heteroatoms. The van der Waals surface area contributed by atoms with Gasteiger partial charge in [-0.15, -0.1) is 6.58 Å². The van der Waals surface area contributed by atoms with Gasteiger partial charge in [0.1, 0.15) is 0 Å². The Morgan fingerprint density at radius 3 is 2.17 bits per heavy atom. The Bertz CT molecular complexity index is 324. The predicted octanol–water partition coefficient (Wildman–Crippen LogP) is 7.72. The molecular weight excluding hydrogens is 295 g/mol. The summed E-state index contributed by atoms with van der Waals surface area (Å²) in [5, 5.41) is 0. The molecule has 0 aromatic heterocycles. The van der Waals surface area contributed by atoms with E-state index in [0.717, 1.165) is 35.0 Å². The summed E-state index contributed by atoms with van der Waals surface area (Å²) in [5.74, 6) is 3.49. The van der Waals surface area contributed by atoms with Gasteiger partial charge in [0.2, 0.25) is 0 Å². The second-order valence-corrected chi connectivity index (χ2v) is 11.2. The van der Waals surface area contributed by atoms with E-state index in [1.54, 1.807) is 0 Å². The lowest BCUT2D eigenvalue weighted by Crippen LogP contribution is -2.24. The summed E-state index contributed by atoms with van der Waals surface area (Å²) in [6, 6.07) is 0. The maximum atomic E-state index is 4.04. The third-order valence-corrected chi connectivity index (χ3v) is 10.5. The summed E-state index contributed by atoms with van der Waals surface area (Å²) in [4.78, 5) is 0. The maximum absolute atomic E-state index is 4.04. The first-order valence-corrected chi connectivity index (χ1v) is 12.0. The van der Waals surface area contributed by atoms with E-state index >= 15 is 0 Å². The van der Waals surface area contributed by atoms with Crippen LogP contribution in [0.15, 0.2) is 12.7 Å². The van der Waals surface area contributed by atoms with Crippen molar-refractivity contribution in [2.24, 2.45) is 23.7 Å². The molecule has 6 unspecified atom stereocenters. The summed E-state index contributed by atoms with van der Waals surface area (Å²) in [7, 11) is 0.209. The molecular formula is C22H43P. The van der Waals surface area contributed by atoms with Gasteiger partial charge in [-0.05, 0) is 66.8 Å². The summed E-state index contributed by atoms with van der Waals surface area (Å²) in [5.41, 5.74) is 2.04. The van der Waals surface area contributed by atoms with E-state index in [1.807, 2.05) is 0 Å². The zero-order valence-corrected chi connectivity index (χ0v) is 17.7. The van der Waals surface area contributed by atoms with E-state index in [0.29, 0.717) is 0 Å². The molecule has 0 saturated carbocycles. The highest BCUT2D eigenvalue weighted by Crippen LogP contribution is 2.59. The smallest absolute Gasteiger partial charge is 0.0142 e. The molecule has 23 heavy (non-hydrogen) atoms. The van der Waals surface area contributed by atoms with Crippen molar-refractivity contribution in [3.63, 3.8) is 0 Å². The van der Waals surface area contributed by atoms with Gasteiger partial charge in [-0.25, -0.2) is 0 Å². The fraction of sp³-hybridized carbons (Fsp3) is 0.909. The molecule has 0 aromatic carbocycles. The van der Waals surface area contributed by atoms with Crippen LogP contribution in [0.2, 0.25) is 0 Å². The zero-order chi connectivity index (χ0) is 17.4. The van der Waals surface area contributed by atoms with Gasteiger partial charge in [-0.2, -0.15) is 0 Å². The Morgan fingerprint density at radius 2 is 1.61 bits per heavy atom. The van der Waals surface area contributed by atoms with Crippen LogP contribution in [0.4, 0.5) is 0 Å². The Balaban J connectivity index is 2.56. The molecule has 0 amide bonds. The largest absolute Gasteiger partial charge is 0.103 e. The van der Waals surface area contributed by atoms with Crippen molar-refractivity contribution in [2.45, 2.75) is 97.8 Å². The van der Waals surface area contributed by atoms with Gasteiger partial charge in [0.15, 0.2) is 0 Å². The first-order chi connectivity index (χ1) is 11.0. The molecule has 0 bridgehead atoms. The molecule has 7 atom stereocenters. The lowest BCUT2D eigenvalue weighted by atomic mass is 9.75. The van der Waals surface area contributed by atoms with Gasteiger partial charge in [-0.1, -0.05) is 74.8 Å². The van der Waals surface area contributed by atoms with E-state index in [9.17, 15) is 0 Å². The molecule has 1 rings (SSSR count). The van der Waals surface area contributed by atoms with Crippen molar-refractivity contribution in [1.82, 2.24) is 0 Å². The van der Waals surface area contributed by atoms with Crippen LogP contribution in [0.1, 0.15) is 86.5 Å². The first-order valence-electron chi connectivity index (χ1n) is 10.3. The number of unbranched alkanes of at least 4 members (excludes halogenated alkanes) is 1. The Hall–Kier alpha value is 0.170. The van der Waals surface area contributed by atoms with Gasteiger partial charge in [-0.3, -0.25) is 0 Å². The van der Waals surface area contributed by atoms with Gasteiger partial charge in [0.25, 0.3) is 0 Å².